The van der Waals surface area contributed by atoms with E-state index in [1.54, 1.807) is 0 Å². The quantitative estimate of drug-likeness (QED) is 0.631. The van der Waals surface area contributed by atoms with Gasteiger partial charge in [0.15, 0.2) is 5.82 Å². The van der Waals surface area contributed by atoms with Crippen LogP contribution in [0.4, 0.5) is 5.82 Å². The van der Waals surface area contributed by atoms with Crippen molar-refractivity contribution in [2.45, 2.75) is 18.7 Å². The number of halogens is 1. The van der Waals surface area contributed by atoms with Gasteiger partial charge in [-0.05, 0) is 12.0 Å². The number of anilines is 1. The SMILES string of the molecule is CC(C)CN(C)S(=O)(=O)c1cnc(NN)c(Cl)c1. The Hall–Kier alpha value is -0.890. The molecule has 0 atom stereocenters. The molecule has 1 aromatic rings. The van der Waals surface area contributed by atoms with E-state index in [0.29, 0.717) is 6.54 Å². The maximum Gasteiger partial charge on any atom is 0.244 e. The van der Waals surface area contributed by atoms with Gasteiger partial charge in [-0.25, -0.2) is 23.5 Å². The molecule has 1 rings (SSSR count). The minimum Gasteiger partial charge on any atom is -0.307 e. The standard InChI is InChI=1S/C10H17ClN4O2S/c1-7(2)6-15(3)18(16,17)8-4-9(11)10(14-12)13-5-8/h4-5,7H,6,12H2,1-3H3,(H,13,14). The summed E-state index contributed by atoms with van der Waals surface area (Å²) in [6.07, 6.45) is 1.23. The van der Waals surface area contributed by atoms with E-state index in [0.717, 1.165) is 0 Å². The van der Waals surface area contributed by atoms with Crippen LogP contribution < -0.4 is 11.3 Å². The Bertz CT molecular complexity index is 519. The molecule has 1 heterocycles. The van der Waals surface area contributed by atoms with E-state index in [-0.39, 0.29) is 21.7 Å². The molecule has 0 fully saturated rings. The molecule has 0 bridgehead atoms. The van der Waals surface area contributed by atoms with Gasteiger partial charge >= 0.3 is 0 Å². The summed E-state index contributed by atoms with van der Waals surface area (Å²) in [4.78, 5) is 3.90. The molecule has 0 aliphatic carbocycles. The Balaban J connectivity index is 3.09. The van der Waals surface area contributed by atoms with Crippen LogP contribution in [0.15, 0.2) is 17.2 Å². The lowest BCUT2D eigenvalue weighted by Crippen LogP contribution is -2.30. The zero-order valence-corrected chi connectivity index (χ0v) is 12.1. The van der Waals surface area contributed by atoms with Crippen molar-refractivity contribution in [1.29, 1.82) is 0 Å². The van der Waals surface area contributed by atoms with Gasteiger partial charge in [0, 0.05) is 19.8 Å². The average molecular weight is 293 g/mol. The molecule has 102 valence electrons. The molecule has 0 aliphatic rings. The molecule has 0 saturated heterocycles. The van der Waals surface area contributed by atoms with E-state index >= 15 is 0 Å². The highest BCUT2D eigenvalue weighted by molar-refractivity contribution is 7.89. The second-order valence-electron chi connectivity index (χ2n) is 4.33. The molecule has 18 heavy (non-hydrogen) atoms. The minimum absolute atomic E-state index is 0.0506. The Kier molecular flexibility index (Phi) is 4.92. The fraction of sp³-hybridized carbons (Fsp3) is 0.500. The van der Waals surface area contributed by atoms with Gasteiger partial charge in [-0.3, -0.25) is 0 Å². The van der Waals surface area contributed by atoms with Crippen molar-refractivity contribution in [3.8, 4) is 0 Å². The predicted octanol–water partition coefficient (Wildman–Crippen LogP) is 1.30. The van der Waals surface area contributed by atoms with E-state index in [4.69, 9.17) is 17.4 Å². The molecule has 6 nitrogen and oxygen atoms in total. The lowest BCUT2D eigenvalue weighted by atomic mass is 10.2. The van der Waals surface area contributed by atoms with Crippen molar-refractivity contribution in [2.75, 3.05) is 19.0 Å². The number of nitrogens with zero attached hydrogens (tertiary/aromatic N) is 2. The monoisotopic (exact) mass is 292 g/mol. The Morgan fingerprint density at radius 1 is 1.56 bits per heavy atom. The zero-order valence-electron chi connectivity index (χ0n) is 10.5. The van der Waals surface area contributed by atoms with Gasteiger partial charge in [-0.1, -0.05) is 25.4 Å². The van der Waals surface area contributed by atoms with Gasteiger partial charge in [-0.15, -0.1) is 0 Å². The van der Waals surface area contributed by atoms with Gasteiger partial charge in [0.2, 0.25) is 10.0 Å². The van der Waals surface area contributed by atoms with Crippen LogP contribution in [0.3, 0.4) is 0 Å². The van der Waals surface area contributed by atoms with Crippen LogP contribution in [-0.2, 0) is 10.0 Å². The molecule has 0 amide bonds. The summed E-state index contributed by atoms with van der Waals surface area (Å²) < 4.78 is 25.7. The normalized spacial score (nSPS) is 12.2. The van der Waals surface area contributed by atoms with Crippen LogP contribution in [0.25, 0.3) is 0 Å². The maximum absolute atomic E-state index is 12.2. The fourth-order valence-electron chi connectivity index (χ4n) is 1.46. The highest BCUT2D eigenvalue weighted by Gasteiger charge is 2.22. The van der Waals surface area contributed by atoms with Crippen molar-refractivity contribution >= 4 is 27.4 Å². The minimum atomic E-state index is -3.56. The van der Waals surface area contributed by atoms with Gasteiger partial charge in [-0.2, -0.15) is 0 Å². The van der Waals surface area contributed by atoms with Crippen molar-refractivity contribution in [2.24, 2.45) is 11.8 Å². The molecule has 1 aromatic heterocycles. The summed E-state index contributed by atoms with van der Waals surface area (Å²) in [5.41, 5.74) is 2.28. The molecule has 3 N–H and O–H groups in total. The van der Waals surface area contributed by atoms with Gasteiger partial charge in [0.1, 0.15) is 4.90 Å². The predicted molar refractivity (Wildman–Crippen MR) is 71.7 cm³/mol. The van der Waals surface area contributed by atoms with Crippen LogP contribution in [0.2, 0.25) is 5.02 Å². The topological polar surface area (TPSA) is 88.3 Å². The Labute approximate surface area is 112 Å². The van der Waals surface area contributed by atoms with E-state index in [1.165, 1.54) is 23.6 Å². The first-order chi connectivity index (χ1) is 8.28. The fourth-order valence-corrected chi connectivity index (χ4v) is 3.05. The van der Waals surface area contributed by atoms with Crippen LogP contribution in [0, 0.1) is 5.92 Å². The number of hydrogen-bond acceptors (Lipinski definition) is 5. The number of nitrogens with one attached hydrogen (secondary N) is 1. The smallest absolute Gasteiger partial charge is 0.244 e. The van der Waals surface area contributed by atoms with E-state index < -0.39 is 10.0 Å². The molecule has 8 heteroatoms. The number of sulfonamides is 1. The molecule has 0 spiro atoms. The second-order valence-corrected chi connectivity index (χ2v) is 6.78. The van der Waals surface area contributed by atoms with Crippen molar-refractivity contribution in [3.05, 3.63) is 17.3 Å². The Morgan fingerprint density at radius 3 is 2.61 bits per heavy atom. The number of pyridine rings is 1. The van der Waals surface area contributed by atoms with Crippen LogP contribution in [0.1, 0.15) is 13.8 Å². The summed E-state index contributed by atoms with van der Waals surface area (Å²) in [5, 5.41) is 0.163. The molecule has 0 aliphatic heterocycles. The number of aromatic nitrogens is 1. The summed E-state index contributed by atoms with van der Waals surface area (Å²) in [6, 6.07) is 1.33. The highest BCUT2D eigenvalue weighted by atomic mass is 35.5. The van der Waals surface area contributed by atoms with Crippen molar-refractivity contribution in [3.63, 3.8) is 0 Å². The molecular formula is C10H17ClN4O2S. The van der Waals surface area contributed by atoms with Gasteiger partial charge in [0.05, 0.1) is 5.02 Å². The van der Waals surface area contributed by atoms with E-state index in [1.807, 2.05) is 13.8 Å². The van der Waals surface area contributed by atoms with E-state index in [9.17, 15) is 8.42 Å². The van der Waals surface area contributed by atoms with E-state index in [2.05, 4.69) is 10.4 Å². The second kappa shape index (κ2) is 5.83. The third kappa shape index (κ3) is 3.32. The van der Waals surface area contributed by atoms with Crippen molar-refractivity contribution < 1.29 is 8.42 Å². The first kappa shape index (κ1) is 15.2. The first-order valence-electron chi connectivity index (χ1n) is 5.37. The van der Waals surface area contributed by atoms with Gasteiger partial charge < -0.3 is 5.43 Å². The molecular weight excluding hydrogens is 276 g/mol. The highest BCUT2D eigenvalue weighted by Crippen LogP contribution is 2.23. The number of hydrogen-bond donors (Lipinski definition) is 2. The third-order valence-electron chi connectivity index (χ3n) is 2.28. The largest absolute Gasteiger partial charge is 0.307 e. The lowest BCUT2D eigenvalue weighted by molar-refractivity contribution is 0.417. The molecule has 0 aromatic carbocycles. The first-order valence-corrected chi connectivity index (χ1v) is 7.19. The number of nitrogens with two attached hydrogens (primary N) is 1. The summed E-state index contributed by atoms with van der Waals surface area (Å²) in [5.74, 6) is 5.65. The molecule has 0 saturated carbocycles. The van der Waals surface area contributed by atoms with Gasteiger partial charge in [0.25, 0.3) is 0 Å². The molecule has 0 radical (unpaired) electrons. The Morgan fingerprint density at radius 2 is 2.17 bits per heavy atom. The van der Waals surface area contributed by atoms with Crippen LogP contribution in [-0.4, -0.2) is 31.3 Å². The maximum atomic E-state index is 12.2. The van der Waals surface area contributed by atoms with Crippen LogP contribution >= 0.6 is 11.6 Å². The summed E-state index contributed by atoms with van der Waals surface area (Å²) >= 11 is 5.86. The number of hydrazine groups is 1. The summed E-state index contributed by atoms with van der Waals surface area (Å²) in [6.45, 7) is 4.31. The third-order valence-corrected chi connectivity index (χ3v) is 4.36. The number of nitrogen functional groups attached to an aromatic ring is 1. The van der Waals surface area contributed by atoms with Crippen LogP contribution in [0.5, 0.6) is 0 Å². The lowest BCUT2D eigenvalue weighted by Gasteiger charge is -2.19. The van der Waals surface area contributed by atoms with Crippen molar-refractivity contribution in [1.82, 2.24) is 9.29 Å². The molecule has 0 unspecified atom stereocenters. The average Bonchev–Trinajstić information content (AvgIpc) is 2.27. The summed E-state index contributed by atoms with van der Waals surface area (Å²) in [7, 11) is -2.04. The number of rotatable bonds is 5. The zero-order chi connectivity index (χ0) is 13.9.